The Bertz CT molecular complexity index is 415. The van der Waals surface area contributed by atoms with Gasteiger partial charge in [-0.1, -0.05) is 6.92 Å². The molecule has 1 atom stereocenters. The Hall–Kier alpha value is -1.36. The summed E-state index contributed by atoms with van der Waals surface area (Å²) in [5.41, 5.74) is 5.25. The van der Waals surface area contributed by atoms with Crippen molar-refractivity contribution >= 4 is 5.82 Å². The fourth-order valence-corrected chi connectivity index (χ4v) is 1.56. The van der Waals surface area contributed by atoms with Crippen LogP contribution in [0.2, 0.25) is 0 Å². The molecule has 0 saturated heterocycles. The molecule has 0 saturated carbocycles. The summed E-state index contributed by atoms with van der Waals surface area (Å²) >= 11 is 0. The molecule has 17 heavy (non-hydrogen) atoms. The van der Waals surface area contributed by atoms with E-state index in [2.05, 4.69) is 10.3 Å². The molecule has 0 aliphatic heterocycles. The summed E-state index contributed by atoms with van der Waals surface area (Å²) in [5.74, 6) is 0.375. The van der Waals surface area contributed by atoms with Crippen molar-refractivity contribution in [2.24, 2.45) is 5.73 Å². The summed E-state index contributed by atoms with van der Waals surface area (Å²) in [6.45, 7) is 8.47. The summed E-state index contributed by atoms with van der Waals surface area (Å²) in [5, 5.41) is 3.09. The molecule has 3 N–H and O–H groups in total. The minimum atomic E-state index is -0.249. The average Bonchev–Trinajstić information content (AvgIpc) is 2.26. The fourth-order valence-electron chi connectivity index (χ4n) is 1.56. The van der Waals surface area contributed by atoms with E-state index in [1.807, 2.05) is 27.7 Å². The minimum absolute atomic E-state index is 0.0889. The quantitative estimate of drug-likeness (QED) is 0.825. The van der Waals surface area contributed by atoms with E-state index in [-0.39, 0.29) is 17.1 Å². The van der Waals surface area contributed by atoms with Crippen molar-refractivity contribution in [1.82, 2.24) is 9.55 Å². The van der Waals surface area contributed by atoms with Gasteiger partial charge in [0.25, 0.3) is 5.56 Å². The molecule has 0 aromatic carbocycles. The molecule has 1 unspecified atom stereocenters. The SMILES string of the molecule is CCC(CN)Nc1nccn(C(C)(C)C)c1=O. The topological polar surface area (TPSA) is 72.9 Å². The van der Waals surface area contributed by atoms with Crippen LogP contribution in [0.15, 0.2) is 17.2 Å². The second-order valence-electron chi connectivity index (χ2n) is 5.11. The summed E-state index contributed by atoms with van der Waals surface area (Å²) < 4.78 is 1.67. The number of nitrogens with one attached hydrogen (secondary N) is 1. The maximum absolute atomic E-state index is 12.2. The number of rotatable bonds is 4. The maximum atomic E-state index is 12.2. The summed E-state index contributed by atoms with van der Waals surface area (Å²) in [6, 6.07) is 0.0889. The first-order valence-electron chi connectivity index (χ1n) is 5.95. The van der Waals surface area contributed by atoms with E-state index >= 15 is 0 Å². The highest BCUT2D eigenvalue weighted by atomic mass is 16.1. The second kappa shape index (κ2) is 5.31. The van der Waals surface area contributed by atoms with E-state index in [9.17, 15) is 4.79 Å². The molecule has 0 amide bonds. The van der Waals surface area contributed by atoms with Gasteiger partial charge in [-0.2, -0.15) is 0 Å². The third-order valence-corrected chi connectivity index (χ3v) is 2.68. The fraction of sp³-hybridized carbons (Fsp3) is 0.667. The van der Waals surface area contributed by atoms with Crippen molar-refractivity contribution in [3.8, 4) is 0 Å². The minimum Gasteiger partial charge on any atom is -0.361 e. The van der Waals surface area contributed by atoms with Gasteiger partial charge >= 0.3 is 0 Å². The molecule has 1 rings (SSSR count). The van der Waals surface area contributed by atoms with Crippen LogP contribution in [0.1, 0.15) is 34.1 Å². The van der Waals surface area contributed by atoms with Crippen molar-refractivity contribution in [1.29, 1.82) is 0 Å². The van der Waals surface area contributed by atoms with Crippen LogP contribution >= 0.6 is 0 Å². The molecule has 0 spiro atoms. The van der Waals surface area contributed by atoms with Crippen molar-refractivity contribution in [3.63, 3.8) is 0 Å². The van der Waals surface area contributed by atoms with Crippen LogP contribution in [-0.4, -0.2) is 22.1 Å². The lowest BCUT2D eigenvalue weighted by molar-refractivity contribution is 0.383. The van der Waals surface area contributed by atoms with Crippen molar-refractivity contribution < 1.29 is 0 Å². The van der Waals surface area contributed by atoms with E-state index < -0.39 is 0 Å². The third-order valence-electron chi connectivity index (χ3n) is 2.68. The van der Waals surface area contributed by atoms with Crippen LogP contribution in [0.5, 0.6) is 0 Å². The molecule has 0 radical (unpaired) electrons. The van der Waals surface area contributed by atoms with Gasteiger partial charge in [-0.05, 0) is 27.2 Å². The van der Waals surface area contributed by atoms with E-state index in [0.29, 0.717) is 12.4 Å². The highest BCUT2D eigenvalue weighted by Gasteiger charge is 2.17. The largest absolute Gasteiger partial charge is 0.361 e. The molecular weight excluding hydrogens is 216 g/mol. The Morgan fingerprint density at radius 3 is 2.65 bits per heavy atom. The van der Waals surface area contributed by atoms with Crippen molar-refractivity contribution in [3.05, 3.63) is 22.7 Å². The van der Waals surface area contributed by atoms with Crippen LogP contribution < -0.4 is 16.6 Å². The molecular formula is C12H22N4O. The van der Waals surface area contributed by atoms with Gasteiger partial charge < -0.3 is 15.6 Å². The molecule has 5 nitrogen and oxygen atoms in total. The molecule has 1 aromatic rings. The van der Waals surface area contributed by atoms with E-state index in [0.717, 1.165) is 6.42 Å². The Labute approximate surface area is 102 Å². The van der Waals surface area contributed by atoms with E-state index in [1.54, 1.807) is 17.0 Å². The normalized spacial score (nSPS) is 13.5. The standard InChI is InChI=1S/C12H22N4O/c1-5-9(8-13)15-10-11(17)16(7-6-14-10)12(2,3)4/h6-7,9H,5,8,13H2,1-4H3,(H,14,15). The molecule has 0 aliphatic carbocycles. The van der Waals surface area contributed by atoms with Gasteiger partial charge in [0, 0.05) is 30.5 Å². The molecule has 1 heterocycles. The van der Waals surface area contributed by atoms with E-state index in [1.165, 1.54) is 0 Å². The average molecular weight is 238 g/mol. The third kappa shape index (κ3) is 3.30. The Kier molecular flexibility index (Phi) is 4.28. The zero-order chi connectivity index (χ0) is 13.1. The molecule has 5 heteroatoms. The molecule has 0 bridgehead atoms. The Morgan fingerprint density at radius 2 is 2.18 bits per heavy atom. The van der Waals surface area contributed by atoms with Crippen LogP contribution in [-0.2, 0) is 5.54 Å². The monoisotopic (exact) mass is 238 g/mol. The van der Waals surface area contributed by atoms with Gasteiger partial charge in [-0.3, -0.25) is 4.79 Å². The lowest BCUT2D eigenvalue weighted by atomic mass is 10.1. The number of nitrogens with zero attached hydrogens (tertiary/aromatic N) is 2. The summed E-state index contributed by atoms with van der Waals surface area (Å²) in [4.78, 5) is 16.3. The predicted molar refractivity (Wildman–Crippen MR) is 70.2 cm³/mol. The molecule has 96 valence electrons. The first-order valence-corrected chi connectivity index (χ1v) is 5.95. The first kappa shape index (κ1) is 13.7. The van der Waals surface area contributed by atoms with Crippen LogP contribution in [0.3, 0.4) is 0 Å². The zero-order valence-electron chi connectivity index (χ0n) is 11.0. The van der Waals surface area contributed by atoms with Gasteiger partial charge in [-0.15, -0.1) is 0 Å². The van der Waals surface area contributed by atoms with Gasteiger partial charge in [-0.25, -0.2) is 4.98 Å². The van der Waals surface area contributed by atoms with Crippen molar-refractivity contribution in [2.75, 3.05) is 11.9 Å². The number of hydrogen-bond donors (Lipinski definition) is 2. The molecule has 0 aliphatic rings. The molecule has 1 aromatic heterocycles. The Balaban J connectivity index is 3.07. The molecule has 0 fully saturated rings. The highest BCUT2D eigenvalue weighted by molar-refractivity contribution is 5.32. The summed E-state index contributed by atoms with van der Waals surface area (Å²) in [6.07, 6.45) is 4.21. The summed E-state index contributed by atoms with van der Waals surface area (Å²) in [7, 11) is 0. The van der Waals surface area contributed by atoms with Gasteiger partial charge in [0.2, 0.25) is 0 Å². The van der Waals surface area contributed by atoms with Crippen molar-refractivity contribution in [2.45, 2.75) is 45.7 Å². The number of hydrogen-bond acceptors (Lipinski definition) is 4. The second-order valence-corrected chi connectivity index (χ2v) is 5.11. The van der Waals surface area contributed by atoms with Gasteiger partial charge in [0.1, 0.15) is 0 Å². The predicted octanol–water partition coefficient (Wildman–Crippen LogP) is 1.15. The lowest BCUT2D eigenvalue weighted by Gasteiger charge is -2.23. The first-order chi connectivity index (χ1) is 7.90. The highest BCUT2D eigenvalue weighted by Crippen LogP contribution is 2.11. The Morgan fingerprint density at radius 1 is 1.53 bits per heavy atom. The van der Waals surface area contributed by atoms with Crippen LogP contribution in [0.25, 0.3) is 0 Å². The van der Waals surface area contributed by atoms with Gasteiger partial charge in [0.15, 0.2) is 5.82 Å². The van der Waals surface area contributed by atoms with Crippen LogP contribution in [0.4, 0.5) is 5.82 Å². The van der Waals surface area contributed by atoms with E-state index in [4.69, 9.17) is 5.73 Å². The smallest absolute Gasteiger partial charge is 0.293 e. The zero-order valence-corrected chi connectivity index (χ0v) is 11.0. The number of anilines is 1. The number of aromatic nitrogens is 2. The van der Waals surface area contributed by atoms with Gasteiger partial charge in [0.05, 0.1) is 0 Å². The maximum Gasteiger partial charge on any atom is 0.293 e. The number of nitrogens with two attached hydrogens (primary N) is 1. The van der Waals surface area contributed by atoms with Crippen LogP contribution in [0, 0.1) is 0 Å². The lowest BCUT2D eigenvalue weighted by Crippen LogP contribution is -2.38.